The Balaban J connectivity index is 1.88. The Kier molecular flexibility index (Phi) is 5.10. The molecular formula is C23H22N4O3. The highest BCUT2D eigenvalue weighted by atomic mass is 16.5. The van der Waals surface area contributed by atoms with Gasteiger partial charge in [-0.2, -0.15) is 0 Å². The Morgan fingerprint density at radius 3 is 2.60 bits per heavy atom. The Bertz CT molecular complexity index is 1210. The molecule has 0 saturated carbocycles. The van der Waals surface area contributed by atoms with E-state index in [2.05, 4.69) is 15.5 Å². The third kappa shape index (κ3) is 3.45. The lowest BCUT2D eigenvalue weighted by atomic mass is 9.99. The van der Waals surface area contributed by atoms with Gasteiger partial charge in [0.25, 0.3) is 5.91 Å². The van der Waals surface area contributed by atoms with Crippen LogP contribution in [0.2, 0.25) is 0 Å². The normalized spacial score (nSPS) is 10.9. The van der Waals surface area contributed by atoms with Crippen molar-refractivity contribution in [1.29, 1.82) is 0 Å². The molecule has 2 aromatic carbocycles. The molecule has 4 aromatic rings. The van der Waals surface area contributed by atoms with Gasteiger partial charge in [0.1, 0.15) is 11.5 Å². The summed E-state index contributed by atoms with van der Waals surface area (Å²) in [6.45, 7) is 4.27. The Labute approximate surface area is 173 Å². The number of hydrogen-bond donors (Lipinski definition) is 2. The zero-order chi connectivity index (χ0) is 21.3. The Morgan fingerprint density at radius 1 is 1.20 bits per heavy atom. The minimum atomic E-state index is -0.547. The van der Waals surface area contributed by atoms with Gasteiger partial charge in [0, 0.05) is 23.7 Å². The van der Waals surface area contributed by atoms with Crippen molar-refractivity contribution in [1.82, 2.24) is 10.1 Å². The summed E-state index contributed by atoms with van der Waals surface area (Å²) in [5.74, 6) is 0.776. The number of primary amides is 1. The number of nitrogens with zero attached hydrogens (tertiary/aromatic N) is 2. The van der Waals surface area contributed by atoms with Crippen LogP contribution >= 0.6 is 0 Å². The average molecular weight is 402 g/mol. The molecule has 0 atom stereocenters. The van der Waals surface area contributed by atoms with E-state index in [1.165, 1.54) is 6.20 Å². The summed E-state index contributed by atoms with van der Waals surface area (Å²) in [6.07, 6.45) is 1.50. The van der Waals surface area contributed by atoms with E-state index in [9.17, 15) is 4.79 Å². The average Bonchev–Trinajstić information content (AvgIpc) is 3.09. The van der Waals surface area contributed by atoms with Crippen LogP contribution in [0.5, 0.6) is 5.75 Å². The quantitative estimate of drug-likeness (QED) is 0.500. The second-order valence-corrected chi connectivity index (χ2v) is 7.02. The molecule has 0 saturated heterocycles. The minimum absolute atomic E-state index is 0.325. The molecule has 152 valence electrons. The number of aryl methyl sites for hydroxylation is 2. The molecular weight excluding hydrogens is 380 g/mol. The molecule has 0 unspecified atom stereocenters. The molecule has 0 aliphatic heterocycles. The number of pyridine rings is 1. The van der Waals surface area contributed by atoms with E-state index >= 15 is 0 Å². The van der Waals surface area contributed by atoms with Crippen LogP contribution < -0.4 is 15.8 Å². The molecule has 1 amide bonds. The number of amides is 1. The van der Waals surface area contributed by atoms with Gasteiger partial charge in [-0.25, -0.2) is 0 Å². The van der Waals surface area contributed by atoms with Gasteiger partial charge in [0.15, 0.2) is 0 Å². The molecule has 0 fully saturated rings. The lowest BCUT2D eigenvalue weighted by Crippen LogP contribution is -2.15. The molecule has 0 radical (unpaired) electrons. The van der Waals surface area contributed by atoms with E-state index in [4.69, 9.17) is 15.0 Å². The van der Waals surface area contributed by atoms with Crippen LogP contribution in [0, 0.1) is 13.8 Å². The number of methoxy groups -OCH3 is 1. The largest absolute Gasteiger partial charge is 0.496 e. The molecule has 30 heavy (non-hydrogen) atoms. The van der Waals surface area contributed by atoms with Crippen LogP contribution in [0.15, 0.2) is 53.2 Å². The summed E-state index contributed by atoms with van der Waals surface area (Å²) in [6, 6.07) is 13.7. The highest BCUT2D eigenvalue weighted by molar-refractivity contribution is 6.07. The van der Waals surface area contributed by atoms with Crippen molar-refractivity contribution in [2.45, 2.75) is 20.4 Å². The molecule has 3 N–H and O–H groups in total. The van der Waals surface area contributed by atoms with Crippen molar-refractivity contribution in [2.75, 3.05) is 12.4 Å². The first-order valence-corrected chi connectivity index (χ1v) is 9.51. The first-order valence-electron chi connectivity index (χ1n) is 9.51. The standard InChI is InChI=1S/C23H22N4O3/c1-13-21(14(2)30-27-13)17-9-19-16(10-20(17)29-3)22(18(12-25-19)23(24)28)26-11-15-7-5-4-6-8-15/h4-10,12H,11H2,1-3H3,(H2,24,28)(H,25,26). The van der Waals surface area contributed by atoms with Crippen molar-refractivity contribution in [3.8, 4) is 16.9 Å². The predicted molar refractivity (Wildman–Crippen MR) is 116 cm³/mol. The smallest absolute Gasteiger partial charge is 0.252 e. The van der Waals surface area contributed by atoms with E-state index in [0.717, 1.165) is 27.8 Å². The second-order valence-electron chi connectivity index (χ2n) is 7.02. The van der Waals surface area contributed by atoms with E-state index in [1.54, 1.807) is 7.11 Å². The zero-order valence-electron chi connectivity index (χ0n) is 17.0. The topological polar surface area (TPSA) is 103 Å². The zero-order valence-corrected chi connectivity index (χ0v) is 17.0. The number of rotatable bonds is 6. The summed E-state index contributed by atoms with van der Waals surface area (Å²) in [4.78, 5) is 16.5. The van der Waals surface area contributed by atoms with Crippen LogP contribution in [0.25, 0.3) is 22.0 Å². The minimum Gasteiger partial charge on any atom is -0.496 e. The van der Waals surface area contributed by atoms with Gasteiger partial charge in [0.05, 0.1) is 35.1 Å². The molecule has 0 aliphatic carbocycles. The number of nitrogens with two attached hydrogens (primary N) is 1. The molecule has 7 nitrogen and oxygen atoms in total. The van der Waals surface area contributed by atoms with E-state index in [-0.39, 0.29) is 0 Å². The second kappa shape index (κ2) is 7.87. The van der Waals surface area contributed by atoms with Crippen LogP contribution in [-0.4, -0.2) is 23.2 Å². The van der Waals surface area contributed by atoms with Crippen molar-refractivity contribution in [2.24, 2.45) is 5.73 Å². The summed E-state index contributed by atoms with van der Waals surface area (Å²) in [5.41, 5.74) is 10.8. The lowest BCUT2D eigenvalue weighted by Gasteiger charge is -2.16. The van der Waals surface area contributed by atoms with Gasteiger partial charge in [-0.1, -0.05) is 35.5 Å². The number of aromatic nitrogens is 2. The number of anilines is 1. The fraction of sp³-hybridized carbons (Fsp3) is 0.174. The van der Waals surface area contributed by atoms with Gasteiger partial charge in [-0.05, 0) is 31.5 Å². The molecule has 7 heteroatoms. The molecule has 0 aliphatic rings. The maximum Gasteiger partial charge on any atom is 0.252 e. The van der Waals surface area contributed by atoms with Crippen molar-refractivity contribution >= 4 is 22.5 Å². The van der Waals surface area contributed by atoms with Crippen molar-refractivity contribution in [3.05, 3.63) is 71.2 Å². The van der Waals surface area contributed by atoms with Crippen LogP contribution in [0.4, 0.5) is 5.69 Å². The van der Waals surface area contributed by atoms with Crippen molar-refractivity contribution in [3.63, 3.8) is 0 Å². The Hall–Kier alpha value is -3.87. The third-order valence-electron chi connectivity index (χ3n) is 5.07. The number of carbonyl (C=O) groups is 1. The first kappa shape index (κ1) is 19.4. The van der Waals surface area contributed by atoms with Crippen LogP contribution in [-0.2, 0) is 6.54 Å². The third-order valence-corrected chi connectivity index (χ3v) is 5.07. The molecule has 0 spiro atoms. The van der Waals surface area contributed by atoms with Gasteiger partial charge in [0.2, 0.25) is 0 Å². The maximum absolute atomic E-state index is 12.1. The number of benzene rings is 2. The summed E-state index contributed by atoms with van der Waals surface area (Å²) >= 11 is 0. The fourth-order valence-electron chi connectivity index (χ4n) is 3.61. The fourth-order valence-corrected chi connectivity index (χ4v) is 3.61. The number of carbonyl (C=O) groups excluding carboxylic acids is 1. The lowest BCUT2D eigenvalue weighted by molar-refractivity contribution is 0.100. The first-order chi connectivity index (χ1) is 14.5. The number of fused-ring (bicyclic) bond motifs is 1. The summed E-state index contributed by atoms with van der Waals surface area (Å²) in [7, 11) is 1.60. The number of hydrogen-bond acceptors (Lipinski definition) is 6. The van der Waals surface area contributed by atoms with Gasteiger partial charge >= 0.3 is 0 Å². The van der Waals surface area contributed by atoms with Crippen LogP contribution in [0.1, 0.15) is 27.4 Å². The van der Waals surface area contributed by atoms with Gasteiger partial charge < -0.3 is 20.3 Å². The van der Waals surface area contributed by atoms with E-state index < -0.39 is 5.91 Å². The number of ether oxygens (including phenoxy) is 1. The molecule has 4 rings (SSSR count). The van der Waals surface area contributed by atoms with Crippen LogP contribution in [0.3, 0.4) is 0 Å². The molecule has 0 bridgehead atoms. The maximum atomic E-state index is 12.1. The van der Waals surface area contributed by atoms with Gasteiger partial charge in [-0.3, -0.25) is 9.78 Å². The molecule has 2 heterocycles. The SMILES string of the molecule is COc1cc2c(NCc3ccccc3)c(C(N)=O)cnc2cc1-c1c(C)noc1C. The van der Waals surface area contributed by atoms with E-state index in [0.29, 0.717) is 34.8 Å². The van der Waals surface area contributed by atoms with Gasteiger partial charge in [-0.15, -0.1) is 0 Å². The number of nitrogens with one attached hydrogen (secondary N) is 1. The Morgan fingerprint density at radius 2 is 1.97 bits per heavy atom. The van der Waals surface area contributed by atoms with E-state index in [1.807, 2.05) is 56.3 Å². The highest BCUT2D eigenvalue weighted by Gasteiger charge is 2.20. The summed E-state index contributed by atoms with van der Waals surface area (Å²) < 4.78 is 11.0. The predicted octanol–water partition coefficient (Wildman–Crippen LogP) is 4.23. The van der Waals surface area contributed by atoms with Crippen molar-refractivity contribution < 1.29 is 14.1 Å². The monoisotopic (exact) mass is 402 g/mol. The molecule has 2 aromatic heterocycles. The highest BCUT2D eigenvalue weighted by Crippen LogP contribution is 2.39. The summed E-state index contributed by atoms with van der Waals surface area (Å²) in [5, 5.41) is 8.14.